The van der Waals surface area contributed by atoms with Crippen LogP contribution in [0.25, 0.3) is 0 Å². The highest BCUT2D eigenvalue weighted by molar-refractivity contribution is 6.31. The molecule has 1 aliphatic rings. The fraction of sp³-hybridized carbons (Fsp3) is 0.556. The van der Waals surface area contributed by atoms with E-state index in [1.54, 1.807) is 4.90 Å². The summed E-state index contributed by atoms with van der Waals surface area (Å²) in [5, 5.41) is -0.468. The van der Waals surface area contributed by atoms with Gasteiger partial charge in [-0.1, -0.05) is 11.6 Å². The molecule has 0 bridgehead atoms. The molecule has 0 saturated carbocycles. The summed E-state index contributed by atoms with van der Waals surface area (Å²) in [6.45, 7) is 2.59. The summed E-state index contributed by atoms with van der Waals surface area (Å²) in [5.74, 6) is 0.0930. The molecule has 0 amide bonds. The summed E-state index contributed by atoms with van der Waals surface area (Å²) < 4.78 is 37.6. The highest BCUT2D eigenvalue weighted by Gasteiger charge is 2.37. The van der Waals surface area contributed by atoms with Crippen LogP contribution in [0.4, 0.5) is 19.1 Å². The van der Waals surface area contributed by atoms with Crippen molar-refractivity contribution in [2.75, 3.05) is 11.4 Å². The zero-order valence-corrected chi connectivity index (χ0v) is 9.18. The van der Waals surface area contributed by atoms with Crippen molar-refractivity contribution in [2.45, 2.75) is 25.6 Å². The van der Waals surface area contributed by atoms with Crippen molar-refractivity contribution in [3.8, 4) is 0 Å². The molecule has 1 fully saturated rings. The second-order valence-electron chi connectivity index (χ2n) is 3.70. The average molecular weight is 252 g/mol. The number of hydrogen-bond donors (Lipinski definition) is 0. The molecule has 2 heterocycles. The first-order valence-corrected chi connectivity index (χ1v) is 5.14. The molecule has 0 aliphatic carbocycles. The largest absolute Gasteiger partial charge is 0.435 e. The van der Waals surface area contributed by atoms with Crippen LogP contribution in [0.3, 0.4) is 0 Å². The summed E-state index contributed by atoms with van der Waals surface area (Å²) in [4.78, 5) is 9.00. The van der Waals surface area contributed by atoms with Gasteiger partial charge in [-0.05, 0) is 13.3 Å². The quantitative estimate of drug-likeness (QED) is 0.769. The Morgan fingerprint density at radius 2 is 2.19 bits per heavy atom. The fourth-order valence-electron chi connectivity index (χ4n) is 1.51. The van der Waals surface area contributed by atoms with Gasteiger partial charge in [0.05, 0.1) is 11.2 Å². The minimum absolute atomic E-state index is 0.0930. The van der Waals surface area contributed by atoms with E-state index in [2.05, 4.69) is 9.97 Å². The molecule has 2 rings (SSSR count). The third-order valence-corrected chi connectivity index (χ3v) is 2.85. The van der Waals surface area contributed by atoms with Crippen LogP contribution in [0.1, 0.15) is 19.0 Å². The van der Waals surface area contributed by atoms with E-state index in [4.69, 9.17) is 11.6 Å². The van der Waals surface area contributed by atoms with Crippen molar-refractivity contribution < 1.29 is 13.2 Å². The number of alkyl halides is 3. The molecule has 88 valence electrons. The van der Waals surface area contributed by atoms with Crippen molar-refractivity contribution in [1.82, 2.24) is 9.97 Å². The third-order valence-electron chi connectivity index (χ3n) is 2.58. The van der Waals surface area contributed by atoms with Crippen LogP contribution >= 0.6 is 11.6 Å². The van der Waals surface area contributed by atoms with E-state index in [1.807, 2.05) is 6.92 Å². The van der Waals surface area contributed by atoms with Gasteiger partial charge in [0, 0.05) is 12.6 Å². The normalized spacial score (nSPS) is 20.8. The van der Waals surface area contributed by atoms with Crippen molar-refractivity contribution in [2.24, 2.45) is 0 Å². The number of halogens is 4. The van der Waals surface area contributed by atoms with Gasteiger partial charge < -0.3 is 4.90 Å². The smallest absolute Gasteiger partial charge is 0.338 e. The van der Waals surface area contributed by atoms with E-state index in [0.29, 0.717) is 6.54 Å². The first kappa shape index (κ1) is 11.4. The molecule has 1 aromatic rings. The zero-order chi connectivity index (χ0) is 11.9. The molecule has 16 heavy (non-hydrogen) atoms. The number of rotatable bonds is 1. The lowest BCUT2D eigenvalue weighted by Crippen LogP contribution is -2.46. The predicted octanol–water partition coefficient (Wildman–Crippen LogP) is 2.75. The minimum atomic E-state index is -4.54. The van der Waals surface area contributed by atoms with Gasteiger partial charge >= 0.3 is 6.18 Å². The van der Waals surface area contributed by atoms with Gasteiger partial charge in [-0.15, -0.1) is 0 Å². The lowest BCUT2D eigenvalue weighted by atomic mass is 10.1. The van der Waals surface area contributed by atoms with Crippen LogP contribution in [0.15, 0.2) is 6.20 Å². The molecule has 7 heteroatoms. The molecule has 1 unspecified atom stereocenters. The maximum Gasteiger partial charge on any atom is 0.435 e. The van der Waals surface area contributed by atoms with Crippen molar-refractivity contribution >= 4 is 17.5 Å². The summed E-state index contributed by atoms with van der Waals surface area (Å²) in [6.07, 6.45) is -2.60. The van der Waals surface area contributed by atoms with Crippen LogP contribution in [-0.4, -0.2) is 22.6 Å². The Morgan fingerprint density at radius 3 is 2.62 bits per heavy atom. The maximum absolute atomic E-state index is 12.5. The Bertz CT molecular complexity index is 407. The predicted molar refractivity (Wildman–Crippen MR) is 53.5 cm³/mol. The molecule has 3 nitrogen and oxygen atoms in total. The zero-order valence-electron chi connectivity index (χ0n) is 8.42. The third kappa shape index (κ3) is 1.93. The molecule has 0 spiro atoms. The first-order valence-electron chi connectivity index (χ1n) is 4.76. The minimum Gasteiger partial charge on any atom is -0.338 e. The second kappa shape index (κ2) is 3.76. The molecule has 1 aliphatic heterocycles. The van der Waals surface area contributed by atoms with Crippen LogP contribution in [0.2, 0.25) is 5.02 Å². The number of hydrogen-bond acceptors (Lipinski definition) is 3. The van der Waals surface area contributed by atoms with Gasteiger partial charge in [-0.2, -0.15) is 13.2 Å². The summed E-state index contributed by atoms with van der Waals surface area (Å²) in [7, 11) is 0. The van der Waals surface area contributed by atoms with E-state index in [9.17, 15) is 13.2 Å². The topological polar surface area (TPSA) is 29.0 Å². The standard InChI is InChI=1S/C9H9ClF3N3/c1-5-2-3-16(5)8-14-4-6(10)7(15-8)9(11,12)13/h4-5H,2-3H2,1H3. The summed E-state index contributed by atoms with van der Waals surface area (Å²) in [6, 6.07) is 0.183. The van der Waals surface area contributed by atoms with E-state index in [0.717, 1.165) is 12.6 Å². The number of aromatic nitrogens is 2. The van der Waals surface area contributed by atoms with Crippen LogP contribution in [-0.2, 0) is 6.18 Å². The highest BCUT2D eigenvalue weighted by atomic mass is 35.5. The van der Waals surface area contributed by atoms with Crippen molar-refractivity contribution in [1.29, 1.82) is 0 Å². The SMILES string of the molecule is CC1CCN1c1ncc(Cl)c(C(F)(F)F)n1. The Kier molecular flexibility index (Phi) is 2.69. The van der Waals surface area contributed by atoms with Crippen molar-refractivity contribution in [3.05, 3.63) is 16.9 Å². The lowest BCUT2D eigenvalue weighted by molar-refractivity contribution is -0.141. The molecule has 1 saturated heterocycles. The van der Waals surface area contributed by atoms with Gasteiger partial charge in [0.15, 0.2) is 5.69 Å². The fourth-order valence-corrected chi connectivity index (χ4v) is 1.71. The van der Waals surface area contributed by atoms with E-state index in [1.165, 1.54) is 0 Å². The van der Waals surface area contributed by atoms with E-state index in [-0.39, 0.29) is 12.0 Å². The van der Waals surface area contributed by atoms with Gasteiger partial charge in [0.1, 0.15) is 0 Å². The Balaban J connectivity index is 2.36. The molecule has 0 radical (unpaired) electrons. The maximum atomic E-state index is 12.5. The molecular formula is C9H9ClF3N3. The number of anilines is 1. The second-order valence-corrected chi connectivity index (χ2v) is 4.10. The highest BCUT2D eigenvalue weighted by Crippen LogP contribution is 2.34. The van der Waals surface area contributed by atoms with E-state index >= 15 is 0 Å². The van der Waals surface area contributed by atoms with Crippen LogP contribution in [0, 0.1) is 0 Å². The summed E-state index contributed by atoms with van der Waals surface area (Å²) >= 11 is 5.42. The molecule has 0 N–H and O–H groups in total. The monoisotopic (exact) mass is 251 g/mol. The Labute approximate surface area is 95.2 Å². The van der Waals surface area contributed by atoms with Gasteiger partial charge in [0.25, 0.3) is 0 Å². The Morgan fingerprint density at radius 1 is 1.50 bits per heavy atom. The summed E-state index contributed by atoms with van der Waals surface area (Å²) in [5.41, 5.74) is -1.07. The first-order chi connectivity index (χ1) is 7.39. The van der Waals surface area contributed by atoms with Crippen molar-refractivity contribution in [3.63, 3.8) is 0 Å². The average Bonchev–Trinajstić information content (AvgIpc) is 2.17. The van der Waals surface area contributed by atoms with Gasteiger partial charge in [0.2, 0.25) is 5.95 Å². The molecular weight excluding hydrogens is 243 g/mol. The van der Waals surface area contributed by atoms with E-state index < -0.39 is 16.9 Å². The van der Waals surface area contributed by atoms with Gasteiger partial charge in [-0.3, -0.25) is 0 Å². The van der Waals surface area contributed by atoms with Gasteiger partial charge in [-0.25, -0.2) is 9.97 Å². The lowest BCUT2D eigenvalue weighted by Gasteiger charge is -2.38. The Hall–Kier alpha value is -1.04. The molecule has 0 aromatic carbocycles. The van der Waals surface area contributed by atoms with Crippen LogP contribution in [0.5, 0.6) is 0 Å². The number of nitrogens with zero attached hydrogens (tertiary/aromatic N) is 3. The molecule has 1 atom stereocenters. The molecule has 1 aromatic heterocycles. The van der Waals surface area contributed by atoms with Crippen LogP contribution < -0.4 is 4.90 Å².